The summed E-state index contributed by atoms with van der Waals surface area (Å²) in [4.78, 5) is 0. The van der Waals surface area contributed by atoms with Gasteiger partial charge in [-0.05, 0) is 91.3 Å². The Labute approximate surface area is 181 Å². The highest BCUT2D eigenvalue weighted by Crippen LogP contribution is 2.82. The maximum absolute atomic E-state index is 12.0. The first-order valence-corrected chi connectivity index (χ1v) is 12.7. The van der Waals surface area contributed by atoms with Crippen LogP contribution < -0.4 is 0 Å². The highest BCUT2D eigenvalue weighted by molar-refractivity contribution is 5.31. The molecule has 0 aromatic carbocycles. The Hall–Kier alpha value is -0.160. The van der Waals surface area contributed by atoms with Crippen LogP contribution in [0.1, 0.15) is 79.1 Å². The van der Waals surface area contributed by atoms with Crippen LogP contribution in [0.5, 0.6) is 0 Å². The number of aliphatic hydroxyl groups excluding tert-OH is 2. The zero-order valence-corrected chi connectivity index (χ0v) is 19.4. The van der Waals surface area contributed by atoms with E-state index in [2.05, 4.69) is 27.7 Å². The molecular formula is C26H42O4. The molecule has 170 valence electrons. The summed E-state index contributed by atoms with van der Waals surface area (Å²) in [6.07, 6.45) is 7.47. The predicted molar refractivity (Wildman–Crippen MR) is 115 cm³/mol. The van der Waals surface area contributed by atoms with Gasteiger partial charge in [-0.25, -0.2) is 0 Å². The van der Waals surface area contributed by atoms with Crippen LogP contribution in [0, 0.1) is 51.8 Å². The van der Waals surface area contributed by atoms with E-state index in [0.29, 0.717) is 41.9 Å². The van der Waals surface area contributed by atoms with Gasteiger partial charge in [-0.2, -0.15) is 0 Å². The fourth-order valence-electron chi connectivity index (χ4n) is 10.8. The highest BCUT2D eigenvalue weighted by Gasteiger charge is 2.83. The van der Waals surface area contributed by atoms with E-state index in [-0.39, 0.29) is 34.6 Å². The SMILES string of the molecule is C[C@H]1C2C3C(CC[C@@]24CO[C@@]4(CCCO)C1(C)C)[C@@]1(C)CC[C@H](O)C[C@@]1(O)[C@@H]1C[C@H]31. The Morgan fingerprint density at radius 2 is 1.83 bits per heavy atom. The first-order valence-electron chi connectivity index (χ1n) is 12.7. The monoisotopic (exact) mass is 418 g/mol. The van der Waals surface area contributed by atoms with E-state index in [0.717, 1.165) is 38.7 Å². The van der Waals surface area contributed by atoms with Crippen LogP contribution in [0.3, 0.4) is 0 Å². The zero-order chi connectivity index (χ0) is 21.3. The molecule has 6 fully saturated rings. The van der Waals surface area contributed by atoms with Gasteiger partial charge in [-0.1, -0.05) is 27.7 Å². The molecule has 1 saturated heterocycles. The number of hydrogen-bond donors (Lipinski definition) is 3. The number of hydrogen-bond acceptors (Lipinski definition) is 4. The van der Waals surface area contributed by atoms with Crippen molar-refractivity contribution in [2.45, 2.75) is 96.4 Å². The minimum atomic E-state index is -0.664. The molecule has 5 aliphatic carbocycles. The average Bonchev–Trinajstić information content (AvgIpc) is 3.48. The van der Waals surface area contributed by atoms with E-state index in [1.54, 1.807) is 0 Å². The zero-order valence-electron chi connectivity index (χ0n) is 19.4. The fourth-order valence-corrected chi connectivity index (χ4v) is 10.8. The normalized spacial score (nSPS) is 62.3. The minimum Gasteiger partial charge on any atom is -0.396 e. The predicted octanol–water partition coefficient (Wildman–Crippen LogP) is 3.76. The molecule has 4 nitrogen and oxygen atoms in total. The summed E-state index contributed by atoms with van der Waals surface area (Å²) in [5, 5.41) is 32.0. The maximum atomic E-state index is 12.0. The standard InChI is InChI=1S/C26H42O4/c1-15-21-20-17-12-19(17)25(29)13-16(28)6-9-23(25,4)18(20)7-10-24(21)14-30-26(24,8-5-11-27)22(15,2)3/h15-21,27-29H,5-14H2,1-4H3/t15-,16-,17-,18?,19+,20?,21?,23+,24+,25+,26-/m0/s1. The van der Waals surface area contributed by atoms with Gasteiger partial charge in [0.25, 0.3) is 0 Å². The van der Waals surface area contributed by atoms with Crippen molar-refractivity contribution in [3.63, 3.8) is 0 Å². The molecule has 6 aliphatic rings. The van der Waals surface area contributed by atoms with Crippen LogP contribution in [-0.4, -0.2) is 45.8 Å². The smallest absolute Gasteiger partial charge is 0.0817 e. The number of rotatable bonds is 3. The second kappa shape index (κ2) is 5.85. The van der Waals surface area contributed by atoms with Gasteiger partial charge in [0.05, 0.1) is 23.9 Å². The Kier molecular flexibility index (Phi) is 3.98. The maximum Gasteiger partial charge on any atom is 0.0817 e. The summed E-state index contributed by atoms with van der Waals surface area (Å²) in [5.74, 6) is 3.55. The van der Waals surface area contributed by atoms with Gasteiger partial charge >= 0.3 is 0 Å². The molecule has 1 heterocycles. The lowest BCUT2D eigenvalue weighted by Crippen LogP contribution is -2.71. The molecule has 1 aliphatic heterocycles. The van der Waals surface area contributed by atoms with Gasteiger partial charge in [0.1, 0.15) is 0 Å². The van der Waals surface area contributed by atoms with Crippen molar-refractivity contribution in [1.82, 2.24) is 0 Å². The number of ether oxygens (including phenoxy) is 1. The lowest BCUT2D eigenvalue weighted by Gasteiger charge is -2.68. The summed E-state index contributed by atoms with van der Waals surface area (Å²) in [6, 6.07) is 0. The van der Waals surface area contributed by atoms with Crippen molar-refractivity contribution in [3.8, 4) is 0 Å². The number of fused-ring (bicyclic) bond motifs is 7. The summed E-state index contributed by atoms with van der Waals surface area (Å²) in [6.45, 7) is 10.9. The molecule has 3 unspecified atom stereocenters. The van der Waals surface area contributed by atoms with Gasteiger partial charge in [0.2, 0.25) is 0 Å². The van der Waals surface area contributed by atoms with Crippen molar-refractivity contribution in [2.75, 3.05) is 13.2 Å². The van der Waals surface area contributed by atoms with Gasteiger partial charge in [-0.15, -0.1) is 0 Å². The third-order valence-corrected chi connectivity index (χ3v) is 12.5. The van der Waals surface area contributed by atoms with Crippen molar-refractivity contribution in [2.24, 2.45) is 51.8 Å². The highest BCUT2D eigenvalue weighted by atomic mass is 16.5. The summed E-state index contributed by atoms with van der Waals surface area (Å²) >= 11 is 0. The largest absolute Gasteiger partial charge is 0.396 e. The van der Waals surface area contributed by atoms with E-state index < -0.39 is 5.60 Å². The molecule has 1 spiro atoms. The Morgan fingerprint density at radius 1 is 1.07 bits per heavy atom. The molecule has 0 radical (unpaired) electrons. The Bertz CT molecular complexity index is 751. The van der Waals surface area contributed by atoms with E-state index in [9.17, 15) is 15.3 Å². The van der Waals surface area contributed by atoms with E-state index >= 15 is 0 Å². The molecule has 0 amide bonds. The minimum absolute atomic E-state index is 0.0546. The van der Waals surface area contributed by atoms with Gasteiger partial charge in [0.15, 0.2) is 0 Å². The molecule has 11 atom stereocenters. The first-order chi connectivity index (χ1) is 14.1. The average molecular weight is 419 g/mol. The van der Waals surface area contributed by atoms with Gasteiger partial charge in [0, 0.05) is 18.4 Å². The van der Waals surface area contributed by atoms with Crippen LogP contribution in [0.2, 0.25) is 0 Å². The molecule has 0 aromatic rings. The molecule has 3 N–H and O–H groups in total. The fraction of sp³-hybridized carbons (Fsp3) is 1.00. The van der Waals surface area contributed by atoms with Crippen LogP contribution in [0.15, 0.2) is 0 Å². The summed E-state index contributed by atoms with van der Waals surface area (Å²) in [7, 11) is 0. The molecule has 5 saturated carbocycles. The second-order valence-corrected chi connectivity index (χ2v) is 13.1. The van der Waals surface area contributed by atoms with Crippen molar-refractivity contribution < 1.29 is 20.1 Å². The molecular weight excluding hydrogens is 376 g/mol. The molecule has 0 bridgehead atoms. The van der Waals surface area contributed by atoms with E-state index in [1.807, 2.05) is 0 Å². The molecule has 30 heavy (non-hydrogen) atoms. The lowest BCUT2D eigenvalue weighted by molar-refractivity contribution is -0.325. The lowest BCUT2D eigenvalue weighted by atomic mass is 9.41. The first kappa shape index (κ1) is 20.4. The summed E-state index contributed by atoms with van der Waals surface area (Å²) < 4.78 is 6.59. The van der Waals surface area contributed by atoms with Gasteiger partial charge < -0.3 is 20.1 Å². The summed E-state index contributed by atoms with van der Waals surface area (Å²) in [5.41, 5.74) is -0.426. The van der Waals surface area contributed by atoms with Crippen LogP contribution in [-0.2, 0) is 4.74 Å². The van der Waals surface area contributed by atoms with E-state index in [4.69, 9.17) is 4.74 Å². The van der Waals surface area contributed by atoms with Crippen molar-refractivity contribution in [1.29, 1.82) is 0 Å². The molecule has 6 rings (SSSR count). The topological polar surface area (TPSA) is 69.9 Å². The van der Waals surface area contributed by atoms with Crippen LogP contribution >= 0.6 is 0 Å². The molecule has 4 heteroatoms. The second-order valence-electron chi connectivity index (χ2n) is 13.1. The Morgan fingerprint density at radius 3 is 2.50 bits per heavy atom. The number of aliphatic hydroxyl groups is 3. The van der Waals surface area contributed by atoms with Crippen LogP contribution in [0.4, 0.5) is 0 Å². The van der Waals surface area contributed by atoms with Gasteiger partial charge in [-0.3, -0.25) is 0 Å². The quantitative estimate of drug-likeness (QED) is 0.653. The van der Waals surface area contributed by atoms with E-state index in [1.165, 1.54) is 12.8 Å². The Balaban J connectivity index is 1.43. The third-order valence-electron chi connectivity index (χ3n) is 12.5. The van der Waals surface area contributed by atoms with Crippen LogP contribution in [0.25, 0.3) is 0 Å². The molecule has 0 aromatic heterocycles. The van der Waals surface area contributed by atoms with Crippen molar-refractivity contribution in [3.05, 3.63) is 0 Å². The third kappa shape index (κ3) is 1.93. The van der Waals surface area contributed by atoms with Crippen molar-refractivity contribution >= 4 is 0 Å².